The molecule has 0 radical (unpaired) electrons. The van der Waals surface area contributed by atoms with Crippen molar-refractivity contribution in [3.05, 3.63) is 87.4 Å². The van der Waals surface area contributed by atoms with Crippen LogP contribution in [-0.2, 0) is 25.5 Å². The maximum atomic E-state index is 14.0. The van der Waals surface area contributed by atoms with Gasteiger partial charge in [0.15, 0.2) is 0 Å². The zero-order chi connectivity index (χ0) is 26.0. The van der Waals surface area contributed by atoms with Gasteiger partial charge in [-0.25, -0.2) is 4.39 Å². The molecule has 0 bridgehead atoms. The number of amides is 1. The van der Waals surface area contributed by atoms with Gasteiger partial charge in [-0.2, -0.15) is 0 Å². The van der Waals surface area contributed by atoms with E-state index in [0.717, 1.165) is 6.07 Å². The van der Waals surface area contributed by atoms with Crippen molar-refractivity contribution in [2.45, 2.75) is 32.4 Å². The molecule has 0 saturated carbocycles. The first-order chi connectivity index (χ1) is 17.2. The third-order valence-electron chi connectivity index (χ3n) is 5.60. The Morgan fingerprint density at radius 1 is 1.14 bits per heavy atom. The lowest BCUT2D eigenvalue weighted by Crippen LogP contribution is -2.29. The molecule has 4 rings (SSSR count). The van der Waals surface area contributed by atoms with E-state index >= 15 is 0 Å². The number of methoxy groups -OCH3 is 1. The molecule has 1 aliphatic heterocycles. The second-order valence-corrected chi connectivity index (χ2v) is 9.39. The van der Waals surface area contributed by atoms with Crippen LogP contribution in [0.4, 0.5) is 10.1 Å². The molecule has 1 amide bonds. The van der Waals surface area contributed by atoms with Crippen LogP contribution in [0.25, 0.3) is 5.76 Å². The van der Waals surface area contributed by atoms with Crippen molar-refractivity contribution < 1.29 is 33.4 Å². The van der Waals surface area contributed by atoms with E-state index in [1.807, 2.05) is 0 Å². The topological polar surface area (TPSA) is 93.1 Å². The summed E-state index contributed by atoms with van der Waals surface area (Å²) in [5.41, 5.74) is 0.881. The van der Waals surface area contributed by atoms with E-state index < -0.39 is 29.3 Å². The van der Waals surface area contributed by atoms with Crippen LogP contribution >= 0.6 is 11.3 Å². The highest BCUT2D eigenvalue weighted by molar-refractivity contribution is 7.10. The lowest BCUT2D eigenvalue weighted by Gasteiger charge is -2.24. The highest BCUT2D eigenvalue weighted by Gasteiger charge is 2.47. The summed E-state index contributed by atoms with van der Waals surface area (Å²) in [5.74, 6) is -3.12. The van der Waals surface area contributed by atoms with Gasteiger partial charge in [-0.15, -0.1) is 11.3 Å². The first kappa shape index (κ1) is 25.1. The van der Waals surface area contributed by atoms with Crippen LogP contribution in [0.3, 0.4) is 0 Å². The molecule has 1 unspecified atom stereocenters. The number of hydrogen-bond donors (Lipinski definition) is 1. The number of rotatable bonds is 7. The van der Waals surface area contributed by atoms with Crippen LogP contribution in [0.5, 0.6) is 5.75 Å². The SMILES string of the molecule is COc1ccc(F)cc1/C(O)=C1/C(=O)C(=O)N(c2ccc(CC(=O)OC(C)C)cc2)C1c1cccs1. The van der Waals surface area contributed by atoms with Crippen molar-refractivity contribution in [1.29, 1.82) is 0 Å². The average Bonchev–Trinajstić information content (AvgIpc) is 3.45. The van der Waals surface area contributed by atoms with Crippen molar-refractivity contribution in [2.75, 3.05) is 12.0 Å². The Bertz CT molecular complexity index is 1330. The normalized spacial score (nSPS) is 17.0. The predicted molar refractivity (Wildman–Crippen MR) is 133 cm³/mol. The van der Waals surface area contributed by atoms with Crippen LogP contribution in [0.2, 0.25) is 0 Å². The third kappa shape index (κ3) is 4.87. The van der Waals surface area contributed by atoms with Gasteiger partial charge in [-0.1, -0.05) is 18.2 Å². The van der Waals surface area contributed by atoms with Crippen molar-refractivity contribution in [3.63, 3.8) is 0 Å². The summed E-state index contributed by atoms with van der Waals surface area (Å²) < 4.78 is 24.4. The Morgan fingerprint density at radius 3 is 2.47 bits per heavy atom. The lowest BCUT2D eigenvalue weighted by atomic mass is 9.99. The number of hydrogen-bond acceptors (Lipinski definition) is 7. The summed E-state index contributed by atoms with van der Waals surface area (Å²) in [6.45, 7) is 3.53. The zero-order valence-corrected chi connectivity index (χ0v) is 20.7. The molecule has 2 heterocycles. The fourth-order valence-corrected chi connectivity index (χ4v) is 4.89. The highest BCUT2D eigenvalue weighted by atomic mass is 32.1. The van der Waals surface area contributed by atoms with Crippen molar-refractivity contribution in [1.82, 2.24) is 0 Å². The zero-order valence-electron chi connectivity index (χ0n) is 19.9. The van der Waals surface area contributed by atoms with Crippen molar-refractivity contribution in [3.8, 4) is 5.75 Å². The van der Waals surface area contributed by atoms with Crippen molar-refractivity contribution in [2.24, 2.45) is 0 Å². The fourth-order valence-electron chi connectivity index (χ4n) is 4.07. The Hall–Kier alpha value is -3.98. The third-order valence-corrected chi connectivity index (χ3v) is 6.53. The first-order valence-corrected chi connectivity index (χ1v) is 12.1. The molecule has 1 aliphatic rings. The maximum Gasteiger partial charge on any atom is 0.310 e. The minimum absolute atomic E-state index is 0.0314. The van der Waals surface area contributed by atoms with Crippen LogP contribution in [0.1, 0.15) is 35.9 Å². The largest absolute Gasteiger partial charge is 0.507 e. The van der Waals surface area contributed by atoms with Gasteiger partial charge in [0, 0.05) is 10.6 Å². The number of nitrogens with zero attached hydrogens (tertiary/aromatic N) is 1. The number of carbonyl (C=O) groups is 3. The molecule has 36 heavy (non-hydrogen) atoms. The molecule has 1 fully saturated rings. The number of carbonyl (C=O) groups excluding carboxylic acids is 3. The van der Waals surface area contributed by atoms with E-state index in [1.165, 1.54) is 35.5 Å². The molecule has 7 nitrogen and oxygen atoms in total. The minimum atomic E-state index is -0.935. The smallest absolute Gasteiger partial charge is 0.310 e. The second kappa shape index (κ2) is 10.3. The summed E-state index contributed by atoms with van der Waals surface area (Å²) in [6, 6.07) is 12.8. The summed E-state index contributed by atoms with van der Waals surface area (Å²) in [4.78, 5) is 40.4. The molecule has 1 N–H and O–H groups in total. The van der Waals surface area contributed by atoms with E-state index in [1.54, 1.807) is 55.6 Å². The fraction of sp³-hybridized carbons (Fsp3) is 0.222. The molecule has 186 valence electrons. The molecule has 1 aromatic heterocycles. The van der Waals surface area contributed by atoms with Gasteiger partial charge >= 0.3 is 5.97 Å². The second-order valence-electron chi connectivity index (χ2n) is 8.41. The summed E-state index contributed by atoms with van der Waals surface area (Å²) in [7, 11) is 1.36. The summed E-state index contributed by atoms with van der Waals surface area (Å²) in [6.07, 6.45) is -0.170. The molecule has 1 atom stereocenters. The number of halogens is 1. The number of aliphatic hydroxyl groups excluding tert-OH is 1. The number of ether oxygens (including phenoxy) is 2. The van der Waals surface area contributed by atoms with Crippen molar-refractivity contribution >= 4 is 40.4 Å². The van der Waals surface area contributed by atoms with E-state index in [4.69, 9.17) is 9.47 Å². The van der Waals surface area contributed by atoms with E-state index in [0.29, 0.717) is 16.1 Å². The predicted octanol–water partition coefficient (Wildman–Crippen LogP) is 5.02. The quantitative estimate of drug-likeness (QED) is 0.208. The number of Topliss-reactive ketones (excluding diaryl/α,β-unsaturated/α-hetero) is 1. The van der Waals surface area contributed by atoms with Gasteiger partial charge in [0.25, 0.3) is 11.7 Å². The van der Waals surface area contributed by atoms with Gasteiger partial charge in [-0.05, 0) is 61.2 Å². The first-order valence-electron chi connectivity index (χ1n) is 11.2. The highest BCUT2D eigenvalue weighted by Crippen LogP contribution is 2.44. The summed E-state index contributed by atoms with van der Waals surface area (Å²) in [5, 5.41) is 13.0. The van der Waals surface area contributed by atoms with E-state index in [2.05, 4.69) is 0 Å². The van der Waals surface area contributed by atoms with Crippen LogP contribution < -0.4 is 9.64 Å². The van der Waals surface area contributed by atoms with Gasteiger partial charge in [0.2, 0.25) is 0 Å². The van der Waals surface area contributed by atoms with E-state index in [-0.39, 0.29) is 35.4 Å². The number of esters is 1. The van der Waals surface area contributed by atoms with Crippen LogP contribution in [-0.4, -0.2) is 36.0 Å². The molecule has 3 aromatic rings. The average molecular weight is 510 g/mol. The summed E-state index contributed by atoms with van der Waals surface area (Å²) >= 11 is 1.31. The number of aliphatic hydroxyl groups is 1. The number of thiophene rings is 1. The Morgan fingerprint density at radius 2 is 1.86 bits per heavy atom. The lowest BCUT2D eigenvalue weighted by molar-refractivity contribution is -0.146. The molecule has 0 spiro atoms. The van der Waals surface area contributed by atoms with Gasteiger partial charge in [-0.3, -0.25) is 19.3 Å². The Kier molecular flexibility index (Phi) is 7.21. The number of benzene rings is 2. The monoisotopic (exact) mass is 509 g/mol. The van der Waals surface area contributed by atoms with Gasteiger partial charge in [0.1, 0.15) is 23.4 Å². The Balaban J connectivity index is 1.78. The van der Waals surface area contributed by atoms with Crippen LogP contribution in [0, 0.1) is 5.82 Å². The molecular formula is C27H24FNO6S. The molecule has 2 aromatic carbocycles. The van der Waals surface area contributed by atoms with Gasteiger partial charge < -0.3 is 14.6 Å². The van der Waals surface area contributed by atoms with Gasteiger partial charge in [0.05, 0.1) is 30.8 Å². The molecule has 0 aliphatic carbocycles. The molecular weight excluding hydrogens is 485 g/mol. The van der Waals surface area contributed by atoms with Crippen LogP contribution in [0.15, 0.2) is 65.6 Å². The minimum Gasteiger partial charge on any atom is -0.507 e. The van der Waals surface area contributed by atoms with E-state index in [9.17, 15) is 23.9 Å². The molecule has 9 heteroatoms. The number of ketones is 1. The standard InChI is InChI=1S/C27H24FNO6S/c1-15(2)35-22(30)13-16-6-9-18(10-7-16)29-24(21-5-4-12-36-21)23(26(32)27(29)33)25(31)19-14-17(28)8-11-20(19)34-3/h4-12,14-15,24,31H,13H2,1-3H3/b25-23-. The maximum absolute atomic E-state index is 14.0. The molecule has 1 saturated heterocycles. The number of anilines is 1. The Labute approximate surface area is 211 Å².